The molecule has 3 rings (SSSR count). The third kappa shape index (κ3) is 3.88. The van der Waals surface area contributed by atoms with E-state index in [2.05, 4.69) is 17.4 Å². The number of hydrogen-bond donors (Lipinski definition) is 1. The van der Waals surface area contributed by atoms with E-state index in [1.165, 1.54) is 22.5 Å². The summed E-state index contributed by atoms with van der Waals surface area (Å²) >= 11 is 1.49. The molecule has 1 amide bonds. The van der Waals surface area contributed by atoms with Gasteiger partial charge in [0.2, 0.25) is 5.91 Å². The molecule has 1 aliphatic rings. The lowest BCUT2D eigenvalue weighted by molar-refractivity contribution is -0.121. The molecule has 23 heavy (non-hydrogen) atoms. The maximum Gasteiger partial charge on any atom is 0.220 e. The molecule has 1 unspecified atom stereocenters. The lowest BCUT2D eigenvalue weighted by Gasteiger charge is -2.26. The van der Waals surface area contributed by atoms with Crippen molar-refractivity contribution in [1.29, 1.82) is 0 Å². The van der Waals surface area contributed by atoms with E-state index < -0.39 is 0 Å². The average Bonchev–Trinajstić information content (AvgIpc) is 2.99. The van der Waals surface area contributed by atoms with E-state index in [9.17, 15) is 9.59 Å². The molecule has 0 radical (unpaired) electrons. The van der Waals surface area contributed by atoms with Crippen molar-refractivity contribution in [3.8, 4) is 0 Å². The second-order valence-electron chi connectivity index (χ2n) is 6.04. The molecular weight excluding hydrogens is 306 g/mol. The lowest BCUT2D eigenvalue weighted by atomic mass is 9.87. The van der Waals surface area contributed by atoms with Crippen molar-refractivity contribution in [2.45, 2.75) is 45.1 Å². The first-order chi connectivity index (χ1) is 11.1. The van der Waals surface area contributed by atoms with Crippen LogP contribution < -0.4 is 5.32 Å². The summed E-state index contributed by atoms with van der Waals surface area (Å²) in [6.45, 7) is 1.98. The Morgan fingerprint density at radius 3 is 2.78 bits per heavy atom. The quantitative estimate of drug-likeness (QED) is 0.836. The molecule has 0 saturated carbocycles. The second-order valence-corrected chi connectivity index (χ2v) is 7.33. The summed E-state index contributed by atoms with van der Waals surface area (Å²) in [5, 5.41) is 3.10. The van der Waals surface area contributed by atoms with Gasteiger partial charge in [-0.1, -0.05) is 24.3 Å². The Morgan fingerprint density at radius 2 is 2.00 bits per heavy atom. The maximum absolute atomic E-state index is 12.2. The fraction of sp³-hybridized carbons (Fsp3) is 0.368. The van der Waals surface area contributed by atoms with Gasteiger partial charge in [0.1, 0.15) is 0 Å². The first-order valence-corrected chi connectivity index (χ1v) is 8.92. The summed E-state index contributed by atoms with van der Waals surface area (Å²) in [5.74, 6) is 0.0237. The summed E-state index contributed by atoms with van der Waals surface area (Å²) in [6, 6.07) is 12.2. The van der Waals surface area contributed by atoms with Crippen molar-refractivity contribution in [2.75, 3.05) is 0 Å². The summed E-state index contributed by atoms with van der Waals surface area (Å²) in [5.41, 5.74) is 2.56. The highest BCUT2D eigenvalue weighted by molar-refractivity contribution is 7.14. The Labute approximate surface area is 140 Å². The Balaban J connectivity index is 1.55. The van der Waals surface area contributed by atoms with Crippen molar-refractivity contribution in [3.63, 3.8) is 0 Å². The monoisotopic (exact) mass is 327 g/mol. The van der Waals surface area contributed by atoms with Gasteiger partial charge >= 0.3 is 0 Å². The molecule has 1 atom stereocenters. The first-order valence-electron chi connectivity index (χ1n) is 8.10. The minimum absolute atomic E-state index is 0.0340. The molecule has 120 valence electrons. The van der Waals surface area contributed by atoms with Crippen LogP contribution in [0.2, 0.25) is 0 Å². The Hall–Kier alpha value is -1.94. The highest BCUT2D eigenvalue weighted by Gasteiger charge is 2.21. The van der Waals surface area contributed by atoms with Gasteiger partial charge in [0.15, 0.2) is 5.78 Å². The number of carbonyl (C=O) groups is 2. The molecule has 3 nitrogen and oxygen atoms in total. The maximum atomic E-state index is 12.2. The van der Waals surface area contributed by atoms with Crippen LogP contribution in [0.1, 0.15) is 57.4 Å². The smallest absolute Gasteiger partial charge is 0.220 e. The summed E-state index contributed by atoms with van der Waals surface area (Å²) in [7, 11) is 0. The number of amides is 1. The van der Waals surface area contributed by atoms with Gasteiger partial charge in [-0.25, -0.2) is 0 Å². The van der Waals surface area contributed by atoms with E-state index in [4.69, 9.17) is 0 Å². The zero-order chi connectivity index (χ0) is 16.2. The number of benzene rings is 1. The summed E-state index contributed by atoms with van der Waals surface area (Å²) in [6.07, 6.45) is 3.68. The van der Waals surface area contributed by atoms with E-state index in [0.29, 0.717) is 0 Å². The van der Waals surface area contributed by atoms with Crippen LogP contribution in [0, 0.1) is 6.92 Å². The summed E-state index contributed by atoms with van der Waals surface area (Å²) < 4.78 is 0. The van der Waals surface area contributed by atoms with Crippen molar-refractivity contribution < 1.29 is 9.59 Å². The van der Waals surface area contributed by atoms with Crippen LogP contribution in [0.15, 0.2) is 36.4 Å². The lowest BCUT2D eigenvalue weighted by Crippen LogP contribution is -2.31. The van der Waals surface area contributed by atoms with E-state index in [0.717, 1.165) is 29.0 Å². The van der Waals surface area contributed by atoms with Crippen LogP contribution in [0.25, 0.3) is 0 Å². The molecule has 0 saturated heterocycles. The topological polar surface area (TPSA) is 46.2 Å². The van der Waals surface area contributed by atoms with Gasteiger partial charge in [-0.05, 0) is 49.4 Å². The molecule has 1 N–H and O–H groups in total. The molecule has 1 heterocycles. The van der Waals surface area contributed by atoms with E-state index in [1.54, 1.807) is 0 Å². The number of Topliss-reactive ketones (excluding diaryl/α,β-unsaturated/α-hetero) is 1. The molecule has 4 heteroatoms. The SMILES string of the molecule is Cc1ccc(C(=O)CCC(=O)NC2CCCc3ccccc32)s1. The van der Waals surface area contributed by atoms with Gasteiger partial charge in [0.05, 0.1) is 10.9 Å². The molecule has 0 bridgehead atoms. The number of rotatable bonds is 5. The molecule has 0 aliphatic heterocycles. The normalized spacial score (nSPS) is 16.7. The van der Waals surface area contributed by atoms with Crippen LogP contribution in [0.5, 0.6) is 0 Å². The fourth-order valence-electron chi connectivity index (χ4n) is 3.11. The van der Waals surface area contributed by atoms with Crippen molar-refractivity contribution >= 4 is 23.0 Å². The number of aryl methyl sites for hydroxylation is 2. The first kappa shape index (κ1) is 15.9. The Bertz CT molecular complexity index is 720. The largest absolute Gasteiger partial charge is 0.349 e. The predicted octanol–water partition coefficient (Wildman–Crippen LogP) is 4.21. The van der Waals surface area contributed by atoms with E-state index in [1.807, 2.05) is 31.2 Å². The van der Waals surface area contributed by atoms with Gasteiger partial charge in [-0.2, -0.15) is 0 Å². The molecular formula is C19H21NO2S. The standard InChI is InChI=1S/C19H21NO2S/c1-13-9-11-18(23-13)17(21)10-12-19(22)20-16-8-4-6-14-5-2-3-7-15(14)16/h2-3,5,7,9,11,16H,4,6,8,10,12H2,1H3,(H,20,22). The summed E-state index contributed by atoms with van der Waals surface area (Å²) in [4.78, 5) is 26.2. The van der Waals surface area contributed by atoms with Crippen LogP contribution >= 0.6 is 11.3 Å². The van der Waals surface area contributed by atoms with Crippen LogP contribution in [0.3, 0.4) is 0 Å². The number of nitrogens with one attached hydrogen (secondary N) is 1. The van der Waals surface area contributed by atoms with Gasteiger partial charge in [0, 0.05) is 17.7 Å². The van der Waals surface area contributed by atoms with Gasteiger partial charge in [-0.3, -0.25) is 9.59 Å². The van der Waals surface area contributed by atoms with Crippen LogP contribution in [-0.4, -0.2) is 11.7 Å². The number of thiophene rings is 1. The van der Waals surface area contributed by atoms with Crippen LogP contribution in [-0.2, 0) is 11.2 Å². The molecule has 1 aliphatic carbocycles. The zero-order valence-corrected chi connectivity index (χ0v) is 14.1. The number of fused-ring (bicyclic) bond motifs is 1. The average molecular weight is 327 g/mol. The number of hydrogen-bond acceptors (Lipinski definition) is 3. The Morgan fingerprint density at radius 1 is 1.17 bits per heavy atom. The highest BCUT2D eigenvalue weighted by atomic mass is 32.1. The molecule has 2 aromatic rings. The van der Waals surface area contributed by atoms with Gasteiger partial charge < -0.3 is 5.32 Å². The van der Waals surface area contributed by atoms with Crippen molar-refractivity contribution in [2.24, 2.45) is 0 Å². The number of ketones is 1. The minimum atomic E-state index is -0.0340. The minimum Gasteiger partial charge on any atom is -0.349 e. The zero-order valence-electron chi connectivity index (χ0n) is 13.3. The molecule has 1 aromatic heterocycles. The van der Waals surface area contributed by atoms with E-state index in [-0.39, 0.29) is 30.6 Å². The molecule has 0 fully saturated rings. The molecule has 1 aromatic carbocycles. The Kier molecular flexibility index (Phi) is 4.91. The van der Waals surface area contributed by atoms with Crippen molar-refractivity contribution in [1.82, 2.24) is 5.32 Å². The predicted molar refractivity (Wildman–Crippen MR) is 92.9 cm³/mol. The van der Waals surface area contributed by atoms with Gasteiger partial charge in [-0.15, -0.1) is 11.3 Å². The highest BCUT2D eigenvalue weighted by Crippen LogP contribution is 2.29. The fourth-order valence-corrected chi connectivity index (χ4v) is 3.94. The third-order valence-corrected chi connectivity index (χ3v) is 5.34. The second kappa shape index (κ2) is 7.09. The third-order valence-electron chi connectivity index (χ3n) is 4.30. The van der Waals surface area contributed by atoms with E-state index >= 15 is 0 Å². The van der Waals surface area contributed by atoms with Gasteiger partial charge in [0.25, 0.3) is 0 Å². The number of carbonyl (C=O) groups excluding carboxylic acids is 2. The molecule has 0 spiro atoms. The van der Waals surface area contributed by atoms with Crippen molar-refractivity contribution in [3.05, 3.63) is 57.3 Å². The van der Waals surface area contributed by atoms with Crippen LogP contribution in [0.4, 0.5) is 0 Å².